The van der Waals surface area contributed by atoms with Crippen molar-refractivity contribution < 1.29 is 9.59 Å². The topological polar surface area (TPSA) is 64.7 Å². The molecule has 2 aliphatic heterocycles. The van der Waals surface area contributed by atoms with Crippen molar-refractivity contribution in [3.8, 4) is 0 Å². The molecule has 2 heterocycles. The number of hydrogen-bond acceptors (Lipinski definition) is 2. The monoisotopic (exact) mass is 296 g/mol. The molecule has 21 heavy (non-hydrogen) atoms. The van der Waals surface area contributed by atoms with E-state index in [4.69, 9.17) is 0 Å². The summed E-state index contributed by atoms with van der Waals surface area (Å²) in [6, 6.07) is 0.0884. The van der Waals surface area contributed by atoms with Crippen LogP contribution in [-0.4, -0.2) is 60.6 Å². The molecule has 0 aromatic heterocycles. The van der Waals surface area contributed by atoms with Crippen LogP contribution in [0, 0.1) is 5.92 Å². The third-order valence-electron chi connectivity index (χ3n) is 4.44. The first-order chi connectivity index (χ1) is 10.1. The third kappa shape index (κ3) is 4.51. The number of carbonyl (C=O) groups excluding carboxylic acids is 2. The highest BCUT2D eigenvalue weighted by atomic mass is 16.2. The van der Waals surface area contributed by atoms with E-state index in [-0.39, 0.29) is 18.1 Å². The molecule has 6 nitrogen and oxygen atoms in total. The molecule has 0 spiro atoms. The van der Waals surface area contributed by atoms with Gasteiger partial charge < -0.3 is 20.4 Å². The van der Waals surface area contributed by atoms with Gasteiger partial charge in [-0.25, -0.2) is 9.59 Å². The third-order valence-corrected chi connectivity index (χ3v) is 4.44. The molecule has 120 valence electrons. The lowest BCUT2D eigenvalue weighted by Gasteiger charge is -2.24. The van der Waals surface area contributed by atoms with Crippen molar-refractivity contribution >= 4 is 12.1 Å². The molecular weight excluding hydrogens is 268 g/mol. The zero-order chi connectivity index (χ0) is 15.2. The Labute approximate surface area is 127 Å². The van der Waals surface area contributed by atoms with Crippen molar-refractivity contribution in [2.45, 2.75) is 45.6 Å². The summed E-state index contributed by atoms with van der Waals surface area (Å²) in [5.74, 6) is 0.711. The summed E-state index contributed by atoms with van der Waals surface area (Å²) in [7, 11) is 0. The molecule has 4 amide bonds. The van der Waals surface area contributed by atoms with Crippen molar-refractivity contribution in [2.24, 2.45) is 5.92 Å². The summed E-state index contributed by atoms with van der Waals surface area (Å²) >= 11 is 0. The lowest BCUT2D eigenvalue weighted by Crippen LogP contribution is -2.47. The number of nitrogens with zero attached hydrogens (tertiary/aromatic N) is 2. The van der Waals surface area contributed by atoms with Gasteiger partial charge in [-0.1, -0.05) is 6.92 Å². The van der Waals surface area contributed by atoms with Crippen LogP contribution >= 0.6 is 0 Å². The van der Waals surface area contributed by atoms with Crippen LogP contribution in [-0.2, 0) is 0 Å². The average Bonchev–Trinajstić information content (AvgIpc) is 2.80. The zero-order valence-corrected chi connectivity index (χ0v) is 13.2. The Morgan fingerprint density at radius 3 is 2.57 bits per heavy atom. The van der Waals surface area contributed by atoms with Gasteiger partial charge in [0.15, 0.2) is 0 Å². The highest BCUT2D eigenvalue weighted by Gasteiger charge is 2.28. The summed E-state index contributed by atoms with van der Waals surface area (Å²) in [6.45, 7) is 7.83. The molecule has 0 unspecified atom stereocenters. The molecule has 2 atom stereocenters. The smallest absolute Gasteiger partial charge is 0.317 e. The summed E-state index contributed by atoms with van der Waals surface area (Å²) in [5, 5.41) is 5.89. The Kier molecular flexibility index (Phi) is 5.70. The minimum Gasteiger partial charge on any atom is -0.338 e. The van der Waals surface area contributed by atoms with E-state index in [0.29, 0.717) is 25.6 Å². The zero-order valence-electron chi connectivity index (χ0n) is 13.2. The maximum absolute atomic E-state index is 12.3. The highest BCUT2D eigenvalue weighted by molar-refractivity contribution is 5.76. The molecule has 2 aliphatic rings. The first-order valence-corrected chi connectivity index (χ1v) is 8.18. The van der Waals surface area contributed by atoms with E-state index < -0.39 is 0 Å². The summed E-state index contributed by atoms with van der Waals surface area (Å²) in [4.78, 5) is 27.8. The van der Waals surface area contributed by atoms with E-state index >= 15 is 0 Å². The first-order valence-electron chi connectivity index (χ1n) is 8.18. The number of nitrogens with one attached hydrogen (secondary N) is 2. The Hall–Kier alpha value is -1.46. The predicted molar refractivity (Wildman–Crippen MR) is 82.2 cm³/mol. The van der Waals surface area contributed by atoms with E-state index in [0.717, 1.165) is 32.4 Å². The second-order valence-corrected chi connectivity index (χ2v) is 6.24. The number of hydrogen-bond donors (Lipinski definition) is 2. The maximum Gasteiger partial charge on any atom is 0.317 e. The Morgan fingerprint density at radius 2 is 1.81 bits per heavy atom. The Balaban J connectivity index is 1.77. The van der Waals surface area contributed by atoms with E-state index in [1.165, 1.54) is 6.42 Å². The first kappa shape index (κ1) is 15.9. The van der Waals surface area contributed by atoms with Gasteiger partial charge in [-0.05, 0) is 38.5 Å². The van der Waals surface area contributed by atoms with Crippen molar-refractivity contribution in [1.29, 1.82) is 0 Å². The second-order valence-electron chi connectivity index (χ2n) is 6.24. The van der Waals surface area contributed by atoms with Gasteiger partial charge in [-0.2, -0.15) is 0 Å². The Morgan fingerprint density at radius 1 is 1.05 bits per heavy atom. The van der Waals surface area contributed by atoms with E-state index in [2.05, 4.69) is 17.6 Å². The van der Waals surface area contributed by atoms with Crippen LogP contribution in [0.15, 0.2) is 0 Å². The van der Waals surface area contributed by atoms with Crippen molar-refractivity contribution in [3.05, 3.63) is 0 Å². The quantitative estimate of drug-likeness (QED) is 0.813. The molecule has 2 N–H and O–H groups in total. The normalized spacial score (nSPS) is 26.4. The number of urea groups is 2. The van der Waals surface area contributed by atoms with Crippen LogP contribution in [0.2, 0.25) is 0 Å². The molecule has 0 aromatic carbocycles. The number of amides is 4. The number of carbonyl (C=O) groups is 2. The van der Waals surface area contributed by atoms with E-state index in [9.17, 15) is 9.59 Å². The van der Waals surface area contributed by atoms with Gasteiger partial charge in [0.2, 0.25) is 0 Å². The number of likely N-dealkylation sites (tertiary alicyclic amines) is 2. The van der Waals surface area contributed by atoms with Crippen LogP contribution in [0.4, 0.5) is 9.59 Å². The van der Waals surface area contributed by atoms with Gasteiger partial charge in [0, 0.05) is 38.8 Å². The van der Waals surface area contributed by atoms with Crippen LogP contribution < -0.4 is 10.6 Å². The van der Waals surface area contributed by atoms with Crippen LogP contribution in [0.5, 0.6) is 0 Å². The Bertz CT molecular complexity index is 375. The largest absolute Gasteiger partial charge is 0.338 e. The SMILES string of the molecule is CCNC(=O)N1CC[C@H](NC(=O)N2CCC[C@@H](C)CC2)C1. The van der Waals surface area contributed by atoms with Crippen LogP contribution in [0.25, 0.3) is 0 Å². The summed E-state index contributed by atoms with van der Waals surface area (Å²) < 4.78 is 0. The van der Waals surface area contributed by atoms with Crippen LogP contribution in [0.3, 0.4) is 0 Å². The molecular formula is C15H28N4O2. The highest BCUT2D eigenvalue weighted by Crippen LogP contribution is 2.17. The standard InChI is InChI=1S/C15H28N4O2/c1-3-16-14(20)19-10-7-13(11-19)17-15(21)18-8-4-5-12(2)6-9-18/h12-13H,3-11H2,1-2H3,(H,16,20)(H,17,21)/t12-,13+/m1/s1. The minimum absolute atomic E-state index is 0.0298. The molecule has 6 heteroatoms. The fraction of sp³-hybridized carbons (Fsp3) is 0.867. The predicted octanol–water partition coefficient (Wildman–Crippen LogP) is 1.62. The van der Waals surface area contributed by atoms with Gasteiger partial charge in [-0.15, -0.1) is 0 Å². The molecule has 2 fully saturated rings. The molecule has 0 saturated carbocycles. The van der Waals surface area contributed by atoms with Crippen molar-refractivity contribution in [3.63, 3.8) is 0 Å². The molecule has 2 rings (SSSR count). The number of rotatable bonds is 2. The fourth-order valence-corrected chi connectivity index (χ4v) is 3.06. The van der Waals surface area contributed by atoms with Gasteiger partial charge in [0.1, 0.15) is 0 Å². The maximum atomic E-state index is 12.3. The minimum atomic E-state index is -0.0298. The van der Waals surface area contributed by atoms with Gasteiger partial charge in [-0.3, -0.25) is 0 Å². The van der Waals surface area contributed by atoms with Crippen molar-refractivity contribution in [2.75, 3.05) is 32.7 Å². The molecule has 2 saturated heterocycles. The lowest BCUT2D eigenvalue weighted by atomic mass is 10.0. The molecule has 0 bridgehead atoms. The van der Waals surface area contributed by atoms with Crippen molar-refractivity contribution in [1.82, 2.24) is 20.4 Å². The molecule has 0 aromatic rings. The summed E-state index contributed by atoms with van der Waals surface area (Å²) in [5.41, 5.74) is 0. The molecule has 0 radical (unpaired) electrons. The van der Waals surface area contributed by atoms with Gasteiger partial charge in [0.05, 0.1) is 0 Å². The summed E-state index contributed by atoms with van der Waals surface area (Å²) in [6.07, 6.45) is 4.22. The fourth-order valence-electron chi connectivity index (χ4n) is 3.06. The van der Waals surface area contributed by atoms with E-state index in [1.807, 2.05) is 11.8 Å². The van der Waals surface area contributed by atoms with Crippen LogP contribution in [0.1, 0.15) is 39.5 Å². The lowest BCUT2D eigenvalue weighted by molar-refractivity contribution is 0.193. The second kappa shape index (κ2) is 7.52. The molecule has 0 aliphatic carbocycles. The van der Waals surface area contributed by atoms with Gasteiger partial charge >= 0.3 is 12.1 Å². The van der Waals surface area contributed by atoms with E-state index in [1.54, 1.807) is 4.90 Å². The average molecular weight is 296 g/mol. The van der Waals surface area contributed by atoms with Gasteiger partial charge in [0.25, 0.3) is 0 Å².